The third kappa shape index (κ3) is 1.00. The SMILES string of the molecule is CC(=O)[C@@]1(C(=O)O)C[C@H]1C(F)F. The topological polar surface area (TPSA) is 54.4 Å². The summed E-state index contributed by atoms with van der Waals surface area (Å²) < 4.78 is 24.0. The molecule has 1 N–H and O–H groups in total. The van der Waals surface area contributed by atoms with Crippen molar-refractivity contribution < 1.29 is 23.5 Å². The summed E-state index contributed by atoms with van der Waals surface area (Å²) in [5.74, 6) is -3.40. The molecule has 1 aliphatic rings. The summed E-state index contributed by atoms with van der Waals surface area (Å²) in [6, 6.07) is 0. The molecule has 0 heterocycles. The van der Waals surface area contributed by atoms with Crippen LogP contribution in [0, 0.1) is 11.3 Å². The first-order chi connectivity index (χ1) is 5.43. The van der Waals surface area contributed by atoms with Crippen molar-refractivity contribution in [3.63, 3.8) is 0 Å². The van der Waals surface area contributed by atoms with Crippen LogP contribution in [0.4, 0.5) is 8.78 Å². The van der Waals surface area contributed by atoms with Crippen LogP contribution in [0.3, 0.4) is 0 Å². The van der Waals surface area contributed by atoms with Crippen LogP contribution in [0.1, 0.15) is 13.3 Å². The summed E-state index contributed by atoms with van der Waals surface area (Å²) in [6.45, 7) is 1.04. The molecule has 2 atom stereocenters. The zero-order valence-corrected chi connectivity index (χ0v) is 6.38. The molecule has 0 aliphatic heterocycles. The van der Waals surface area contributed by atoms with Crippen LogP contribution in [-0.2, 0) is 9.59 Å². The Labute approximate surface area is 67.4 Å². The second-order valence-corrected chi connectivity index (χ2v) is 2.98. The lowest BCUT2D eigenvalue weighted by atomic mass is 9.99. The van der Waals surface area contributed by atoms with Gasteiger partial charge in [0.15, 0.2) is 0 Å². The highest BCUT2D eigenvalue weighted by Crippen LogP contribution is 2.56. The minimum absolute atomic E-state index is 0.227. The first-order valence-corrected chi connectivity index (χ1v) is 3.45. The highest BCUT2D eigenvalue weighted by atomic mass is 19.3. The zero-order valence-electron chi connectivity index (χ0n) is 6.38. The highest BCUT2D eigenvalue weighted by Gasteiger charge is 2.67. The third-order valence-corrected chi connectivity index (χ3v) is 2.33. The molecule has 0 aromatic carbocycles. The van der Waals surface area contributed by atoms with Gasteiger partial charge in [0.05, 0.1) is 0 Å². The fourth-order valence-electron chi connectivity index (χ4n) is 1.39. The third-order valence-electron chi connectivity index (χ3n) is 2.33. The normalized spacial score (nSPS) is 33.5. The highest BCUT2D eigenvalue weighted by molar-refractivity contribution is 6.05. The van der Waals surface area contributed by atoms with Gasteiger partial charge < -0.3 is 5.11 Å². The molecule has 0 unspecified atom stereocenters. The second kappa shape index (κ2) is 2.50. The van der Waals surface area contributed by atoms with Crippen molar-refractivity contribution in [1.82, 2.24) is 0 Å². The van der Waals surface area contributed by atoms with E-state index in [0.29, 0.717) is 0 Å². The number of hydrogen-bond donors (Lipinski definition) is 1. The van der Waals surface area contributed by atoms with Gasteiger partial charge in [-0.3, -0.25) is 9.59 Å². The maximum Gasteiger partial charge on any atom is 0.317 e. The standard InChI is InChI=1S/C7H8F2O3/c1-3(10)7(6(11)12)2-4(7)5(8)9/h4-5H,2H2,1H3,(H,11,12)/t4-,7-/m0/s1. The Morgan fingerprint density at radius 3 is 2.17 bits per heavy atom. The molecule has 0 bridgehead atoms. The van der Waals surface area contributed by atoms with Crippen molar-refractivity contribution in [2.24, 2.45) is 11.3 Å². The number of carboxylic acids is 1. The summed E-state index contributed by atoms with van der Waals surface area (Å²) in [6.07, 6.45) is -2.94. The van der Waals surface area contributed by atoms with Crippen molar-refractivity contribution in [1.29, 1.82) is 0 Å². The molecule has 0 spiro atoms. The van der Waals surface area contributed by atoms with Crippen LogP contribution in [0.15, 0.2) is 0 Å². The Bertz CT molecular complexity index is 223. The van der Waals surface area contributed by atoms with E-state index in [2.05, 4.69) is 0 Å². The Hall–Kier alpha value is -1.00. The van der Waals surface area contributed by atoms with Crippen molar-refractivity contribution in [2.45, 2.75) is 19.8 Å². The number of halogens is 2. The van der Waals surface area contributed by atoms with E-state index in [-0.39, 0.29) is 6.42 Å². The van der Waals surface area contributed by atoms with Gasteiger partial charge >= 0.3 is 5.97 Å². The minimum Gasteiger partial charge on any atom is -0.480 e. The van der Waals surface area contributed by atoms with Gasteiger partial charge in [-0.15, -0.1) is 0 Å². The number of carbonyl (C=O) groups excluding carboxylic acids is 1. The van der Waals surface area contributed by atoms with E-state index >= 15 is 0 Å². The smallest absolute Gasteiger partial charge is 0.317 e. The van der Waals surface area contributed by atoms with Crippen LogP contribution in [-0.4, -0.2) is 23.3 Å². The molecular weight excluding hydrogens is 170 g/mol. The quantitative estimate of drug-likeness (QED) is 0.654. The van der Waals surface area contributed by atoms with Gasteiger partial charge in [0.1, 0.15) is 11.2 Å². The number of Topliss-reactive ketones (excluding diaryl/α,β-unsaturated/α-hetero) is 1. The zero-order chi connectivity index (χ0) is 9.52. The monoisotopic (exact) mass is 178 g/mol. The molecule has 1 rings (SSSR count). The van der Waals surface area contributed by atoms with E-state index in [0.717, 1.165) is 6.92 Å². The van der Waals surface area contributed by atoms with Crippen LogP contribution in [0.2, 0.25) is 0 Å². The van der Waals surface area contributed by atoms with E-state index in [1.807, 2.05) is 0 Å². The lowest BCUT2D eigenvalue weighted by Crippen LogP contribution is -2.27. The molecule has 1 fully saturated rings. The first kappa shape index (κ1) is 9.09. The van der Waals surface area contributed by atoms with Gasteiger partial charge in [-0.25, -0.2) is 8.78 Å². The van der Waals surface area contributed by atoms with Gasteiger partial charge in [0, 0.05) is 5.92 Å². The van der Waals surface area contributed by atoms with Gasteiger partial charge in [-0.1, -0.05) is 0 Å². The Kier molecular flexibility index (Phi) is 1.89. The molecule has 0 radical (unpaired) electrons. The predicted molar refractivity (Wildman–Crippen MR) is 34.9 cm³/mol. The minimum atomic E-state index is -2.72. The Balaban J connectivity index is 2.83. The maximum atomic E-state index is 12.0. The number of alkyl halides is 2. The molecule has 3 nitrogen and oxygen atoms in total. The average Bonchev–Trinajstić information content (AvgIpc) is 2.60. The molecule has 12 heavy (non-hydrogen) atoms. The molecule has 5 heteroatoms. The van der Waals surface area contributed by atoms with Crippen LogP contribution >= 0.6 is 0 Å². The molecule has 1 saturated carbocycles. The van der Waals surface area contributed by atoms with Crippen molar-refractivity contribution in [3.8, 4) is 0 Å². The maximum absolute atomic E-state index is 12.0. The number of carboxylic acid groups (broad SMARTS) is 1. The van der Waals surface area contributed by atoms with Crippen LogP contribution < -0.4 is 0 Å². The van der Waals surface area contributed by atoms with Crippen LogP contribution in [0.5, 0.6) is 0 Å². The Morgan fingerprint density at radius 2 is 2.08 bits per heavy atom. The average molecular weight is 178 g/mol. The first-order valence-electron chi connectivity index (χ1n) is 3.45. The largest absolute Gasteiger partial charge is 0.480 e. The molecule has 0 saturated heterocycles. The summed E-state index contributed by atoms with van der Waals surface area (Å²) in [4.78, 5) is 21.3. The Morgan fingerprint density at radius 1 is 1.58 bits per heavy atom. The molecule has 0 aromatic heterocycles. The molecule has 68 valence electrons. The molecule has 0 amide bonds. The molecule has 0 aromatic rings. The summed E-state index contributed by atoms with van der Waals surface area (Å²) >= 11 is 0. The van der Waals surface area contributed by atoms with Gasteiger partial charge in [-0.05, 0) is 13.3 Å². The van der Waals surface area contributed by atoms with Gasteiger partial charge in [0.25, 0.3) is 0 Å². The number of rotatable bonds is 3. The number of hydrogen-bond acceptors (Lipinski definition) is 2. The van der Waals surface area contributed by atoms with E-state index in [4.69, 9.17) is 5.11 Å². The number of carbonyl (C=O) groups is 2. The predicted octanol–water partition coefficient (Wildman–Crippen LogP) is 0.931. The van der Waals surface area contributed by atoms with Gasteiger partial charge in [-0.2, -0.15) is 0 Å². The lowest BCUT2D eigenvalue weighted by molar-refractivity contribution is -0.149. The van der Waals surface area contributed by atoms with Gasteiger partial charge in [0.2, 0.25) is 6.43 Å². The summed E-state index contributed by atoms with van der Waals surface area (Å²) in [5.41, 5.74) is -1.78. The van der Waals surface area contributed by atoms with Crippen molar-refractivity contribution in [2.75, 3.05) is 0 Å². The van der Waals surface area contributed by atoms with E-state index in [1.165, 1.54) is 0 Å². The second-order valence-electron chi connectivity index (χ2n) is 2.98. The van der Waals surface area contributed by atoms with Crippen molar-refractivity contribution in [3.05, 3.63) is 0 Å². The number of ketones is 1. The van der Waals surface area contributed by atoms with Crippen molar-refractivity contribution >= 4 is 11.8 Å². The van der Waals surface area contributed by atoms with E-state index in [9.17, 15) is 18.4 Å². The lowest BCUT2D eigenvalue weighted by Gasteiger charge is -2.06. The summed E-state index contributed by atoms with van der Waals surface area (Å²) in [5, 5.41) is 8.54. The summed E-state index contributed by atoms with van der Waals surface area (Å²) in [7, 11) is 0. The fraction of sp³-hybridized carbons (Fsp3) is 0.714. The molecule has 1 aliphatic carbocycles. The van der Waals surface area contributed by atoms with Crippen LogP contribution in [0.25, 0.3) is 0 Å². The fourth-order valence-corrected chi connectivity index (χ4v) is 1.39. The number of aliphatic carboxylic acids is 1. The molecular formula is C7H8F2O3. The van der Waals surface area contributed by atoms with E-state index in [1.54, 1.807) is 0 Å². The van der Waals surface area contributed by atoms with E-state index < -0.39 is 29.5 Å².